The molecule has 0 radical (unpaired) electrons. The van der Waals surface area contributed by atoms with Crippen molar-refractivity contribution >= 4 is 34.6 Å². The molecular formula is C13H14N4O2S. The fourth-order valence-electron chi connectivity index (χ4n) is 1.57. The van der Waals surface area contributed by atoms with Crippen LogP contribution in [0.3, 0.4) is 0 Å². The fourth-order valence-corrected chi connectivity index (χ4v) is 2.48. The number of carbonyl (C=O) groups excluding carboxylic acids is 2. The van der Waals surface area contributed by atoms with Crippen LogP contribution in [-0.2, 0) is 4.79 Å². The Kier molecular flexibility index (Phi) is 4.52. The Morgan fingerprint density at radius 2 is 2.00 bits per heavy atom. The van der Waals surface area contributed by atoms with Crippen LogP contribution < -0.4 is 10.6 Å². The molecule has 6 nitrogen and oxygen atoms in total. The van der Waals surface area contributed by atoms with Gasteiger partial charge >= 0.3 is 6.03 Å². The van der Waals surface area contributed by atoms with E-state index in [9.17, 15) is 9.59 Å². The average molecular weight is 290 g/mol. The monoisotopic (exact) mass is 290 g/mol. The Hall–Kier alpha value is -2.15. The second-order valence-corrected chi connectivity index (χ2v) is 5.35. The number of rotatable bonds is 3. The van der Waals surface area contributed by atoms with E-state index in [2.05, 4.69) is 20.6 Å². The summed E-state index contributed by atoms with van der Waals surface area (Å²) in [7, 11) is 1.46. The Morgan fingerprint density at radius 1 is 1.25 bits per heavy atom. The van der Waals surface area contributed by atoms with Crippen molar-refractivity contribution in [1.29, 1.82) is 0 Å². The summed E-state index contributed by atoms with van der Waals surface area (Å²) in [6.07, 6.45) is 1.47. The number of imide groups is 1. The topological polar surface area (TPSA) is 84.0 Å². The quantitative estimate of drug-likeness (QED) is 0.662. The van der Waals surface area contributed by atoms with E-state index in [0.29, 0.717) is 0 Å². The number of aromatic nitrogens is 2. The summed E-state index contributed by atoms with van der Waals surface area (Å²) >= 11 is 1.29. The molecule has 0 saturated carbocycles. The normalized spacial score (nSPS) is 11.9. The number of nitrogens with one attached hydrogen (secondary N) is 2. The van der Waals surface area contributed by atoms with E-state index in [0.717, 1.165) is 15.9 Å². The number of nitrogens with zero attached hydrogens (tertiary/aromatic N) is 2. The molecule has 20 heavy (non-hydrogen) atoms. The van der Waals surface area contributed by atoms with E-state index >= 15 is 0 Å². The molecule has 0 aliphatic heterocycles. The summed E-state index contributed by atoms with van der Waals surface area (Å²) in [5.41, 5.74) is 0.823. The maximum absolute atomic E-state index is 11.8. The molecule has 0 aliphatic rings. The molecule has 2 N–H and O–H groups in total. The number of carbonyl (C=O) groups is 2. The zero-order valence-electron chi connectivity index (χ0n) is 11.1. The predicted molar refractivity (Wildman–Crippen MR) is 77.5 cm³/mol. The van der Waals surface area contributed by atoms with Crippen molar-refractivity contribution in [2.24, 2.45) is 0 Å². The Morgan fingerprint density at radius 3 is 2.75 bits per heavy atom. The zero-order chi connectivity index (χ0) is 14.5. The molecule has 1 aromatic heterocycles. The highest BCUT2D eigenvalue weighted by atomic mass is 32.2. The molecule has 0 bridgehead atoms. The highest BCUT2D eigenvalue weighted by molar-refractivity contribution is 8.00. The van der Waals surface area contributed by atoms with E-state index in [1.54, 1.807) is 6.92 Å². The van der Waals surface area contributed by atoms with Crippen LogP contribution in [0.25, 0.3) is 10.9 Å². The highest BCUT2D eigenvalue weighted by Crippen LogP contribution is 2.27. The molecule has 104 valence electrons. The molecule has 1 heterocycles. The summed E-state index contributed by atoms with van der Waals surface area (Å²) in [6, 6.07) is 7.06. The second kappa shape index (κ2) is 6.33. The Labute approximate surface area is 120 Å². The van der Waals surface area contributed by atoms with Gasteiger partial charge in [-0.3, -0.25) is 10.1 Å². The molecule has 0 aliphatic carbocycles. The van der Waals surface area contributed by atoms with Crippen LogP contribution in [0.15, 0.2) is 35.6 Å². The van der Waals surface area contributed by atoms with Crippen molar-refractivity contribution in [3.8, 4) is 0 Å². The fraction of sp³-hybridized carbons (Fsp3) is 0.231. The number of hydrogen-bond acceptors (Lipinski definition) is 5. The van der Waals surface area contributed by atoms with Gasteiger partial charge in [-0.2, -0.15) is 0 Å². The standard InChI is InChI=1S/C13H14N4O2S/c1-8(11(18)17-13(19)14-2)20-12-9-5-3-4-6-10(9)15-7-16-12/h3-8H,1-2H3,(H2,14,17,18,19)/t8-/m1/s1. The maximum atomic E-state index is 11.8. The van der Waals surface area contributed by atoms with Crippen LogP contribution >= 0.6 is 11.8 Å². The van der Waals surface area contributed by atoms with Gasteiger partial charge in [0.05, 0.1) is 10.8 Å². The number of para-hydroxylation sites is 1. The van der Waals surface area contributed by atoms with E-state index in [-0.39, 0.29) is 5.91 Å². The molecule has 1 aromatic carbocycles. The Bertz CT molecular complexity index is 642. The molecule has 1 atom stereocenters. The number of benzene rings is 1. The third kappa shape index (κ3) is 3.24. The summed E-state index contributed by atoms with van der Waals surface area (Å²) in [5.74, 6) is -0.364. The van der Waals surface area contributed by atoms with Crippen molar-refractivity contribution in [3.63, 3.8) is 0 Å². The van der Waals surface area contributed by atoms with Gasteiger partial charge in [-0.15, -0.1) is 0 Å². The summed E-state index contributed by atoms with van der Waals surface area (Å²) in [5, 5.41) is 5.75. The molecule has 0 unspecified atom stereocenters. The lowest BCUT2D eigenvalue weighted by Gasteiger charge is -2.11. The molecule has 2 aromatic rings. The van der Waals surface area contributed by atoms with E-state index < -0.39 is 11.3 Å². The van der Waals surface area contributed by atoms with Crippen molar-refractivity contribution in [3.05, 3.63) is 30.6 Å². The predicted octanol–water partition coefficient (Wildman–Crippen LogP) is 1.57. The van der Waals surface area contributed by atoms with Crippen LogP contribution in [0.2, 0.25) is 0 Å². The third-order valence-electron chi connectivity index (χ3n) is 2.63. The van der Waals surface area contributed by atoms with Crippen molar-refractivity contribution in [2.45, 2.75) is 17.2 Å². The SMILES string of the molecule is CNC(=O)NC(=O)[C@@H](C)Sc1ncnc2ccccc12. The van der Waals surface area contributed by atoms with Crippen LogP contribution in [0.1, 0.15) is 6.92 Å². The van der Waals surface area contributed by atoms with Crippen molar-refractivity contribution in [1.82, 2.24) is 20.6 Å². The molecule has 0 saturated heterocycles. The molecule has 7 heteroatoms. The molecule has 3 amide bonds. The second-order valence-electron chi connectivity index (χ2n) is 4.02. The average Bonchev–Trinajstić information content (AvgIpc) is 2.47. The van der Waals surface area contributed by atoms with Gasteiger partial charge in [0, 0.05) is 12.4 Å². The van der Waals surface area contributed by atoms with Gasteiger partial charge in [0.2, 0.25) is 5.91 Å². The van der Waals surface area contributed by atoms with Gasteiger partial charge in [-0.05, 0) is 13.0 Å². The smallest absolute Gasteiger partial charge is 0.321 e. The lowest BCUT2D eigenvalue weighted by atomic mass is 10.2. The van der Waals surface area contributed by atoms with Gasteiger partial charge in [0.25, 0.3) is 0 Å². The Balaban J connectivity index is 2.15. The van der Waals surface area contributed by atoms with E-state index in [1.165, 1.54) is 25.1 Å². The van der Waals surface area contributed by atoms with Gasteiger partial charge in [-0.25, -0.2) is 14.8 Å². The summed E-state index contributed by atoms with van der Waals surface area (Å²) in [6.45, 7) is 1.72. The number of thioether (sulfide) groups is 1. The zero-order valence-corrected chi connectivity index (χ0v) is 11.9. The van der Waals surface area contributed by atoms with Crippen LogP contribution in [-0.4, -0.2) is 34.2 Å². The minimum atomic E-state index is -0.519. The first kappa shape index (κ1) is 14.3. The number of hydrogen-bond donors (Lipinski definition) is 2. The minimum Gasteiger partial charge on any atom is -0.341 e. The first-order valence-corrected chi connectivity index (χ1v) is 6.88. The van der Waals surface area contributed by atoms with Gasteiger partial charge in [0.1, 0.15) is 11.4 Å². The third-order valence-corrected chi connectivity index (χ3v) is 3.74. The highest BCUT2D eigenvalue weighted by Gasteiger charge is 2.18. The van der Waals surface area contributed by atoms with E-state index in [4.69, 9.17) is 0 Å². The molecular weight excluding hydrogens is 276 g/mol. The van der Waals surface area contributed by atoms with Gasteiger partial charge in [-0.1, -0.05) is 30.0 Å². The van der Waals surface area contributed by atoms with Crippen molar-refractivity contribution in [2.75, 3.05) is 7.05 Å². The number of urea groups is 1. The van der Waals surface area contributed by atoms with Crippen LogP contribution in [0.4, 0.5) is 4.79 Å². The number of fused-ring (bicyclic) bond motifs is 1. The first-order valence-electron chi connectivity index (χ1n) is 6.01. The largest absolute Gasteiger partial charge is 0.341 e. The summed E-state index contributed by atoms with van der Waals surface area (Å²) < 4.78 is 0. The molecule has 2 rings (SSSR count). The van der Waals surface area contributed by atoms with E-state index in [1.807, 2.05) is 24.3 Å². The maximum Gasteiger partial charge on any atom is 0.321 e. The van der Waals surface area contributed by atoms with Crippen molar-refractivity contribution < 1.29 is 9.59 Å². The first-order chi connectivity index (χ1) is 9.61. The van der Waals surface area contributed by atoms with Crippen LogP contribution in [0.5, 0.6) is 0 Å². The lowest BCUT2D eigenvalue weighted by molar-refractivity contribution is -0.119. The van der Waals surface area contributed by atoms with Gasteiger partial charge in [0.15, 0.2) is 0 Å². The number of amides is 3. The van der Waals surface area contributed by atoms with Crippen LogP contribution in [0, 0.1) is 0 Å². The molecule has 0 fully saturated rings. The molecule has 0 spiro atoms. The lowest BCUT2D eigenvalue weighted by Crippen LogP contribution is -2.41. The van der Waals surface area contributed by atoms with Gasteiger partial charge < -0.3 is 5.32 Å². The minimum absolute atomic E-state index is 0.364. The summed E-state index contributed by atoms with van der Waals surface area (Å²) in [4.78, 5) is 31.3.